The van der Waals surface area contributed by atoms with Gasteiger partial charge in [-0.05, 0) is 51.4 Å². The smallest absolute Gasteiger partial charge is 0.0619 e. The van der Waals surface area contributed by atoms with Gasteiger partial charge < -0.3 is 0 Å². The highest BCUT2D eigenvalue weighted by atomic mass is 14.5. The highest BCUT2D eigenvalue weighted by Crippen LogP contribution is 2.61. The summed E-state index contributed by atoms with van der Waals surface area (Å²) in [6, 6.07) is 34.2. The number of hydrogen-bond donors (Lipinski definition) is 0. The van der Waals surface area contributed by atoms with E-state index in [2.05, 4.69) is 112 Å². The molecule has 0 aliphatic heterocycles. The molecule has 4 aromatic carbocycles. The van der Waals surface area contributed by atoms with Crippen LogP contribution in [-0.4, -0.2) is 0 Å². The van der Waals surface area contributed by atoms with Crippen molar-refractivity contribution in [3.8, 4) is 11.1 Å². The van der Waals surface area contributed by atoms with Crippen LogP contribution in [0.3, 0.4) is 0 Å². The van der Waals surface area contributed by atoms with Crippen LogP contribution < -0.4 is 0 Å². The second-order valence-corrected chi connectivity index (χ2v) is 9.06. The molecule has 0 heterocycles. The van der Waals surface area contributed by atoms with Crippen LogP contribution in [0.25, 0.3) is 11.1 Å². The molecule has 0 atom stereocenters. The molecule has 4 aromatic rings. The fraction of sp³-hybridized carbons (Fsp3) is 0.172. The van der Waals surface area contributed by atoms with Crippen LogP contribution in [-0.2, 0) is 10.8 Å². The molecule has 0 fully saturated rings. The molecule has 0 amide bonds. The Hall–Kier alpha value is -3.12. The number of benzene rings is 4. The Morgan fingerprint density at radius 2 is 0.966 bits per heavy atom. The Kier molecular flexibility index (Phi) is 3.17. The molecule has 0 saturated carbocycles. The van der Waals surface area contributed by atoms with Crippen molar-refractivity contribution in [1.82, 2.24) is 0 Å². The van der Waals surface area contributed by atoms with Crippen LogP contribution in [0.4, 0.5) is 0 Å². The van der Waals surface area contributed by atoms with Crippen LogP contribution in [0.5, 0.6) is 0 Å². The molecule has 29 heavy (non-hydrogen) atoms. The summed E-state index contributed by atoms with van der Waals surface area (Å²) in [7, 11) is 0. The SMILES string of the molecule is Cc1ccc2c(c1)C(C)(C)c1ccccc1C21c2ccccc2-c2ccccc21. The van der Waals surface area contributed by atoms with Crippen LogP contribution >= 0.6 is 0 Å². The summed E-state index contributed by atoms with van der Waals surface area (Å²) in [6.45, 7) is 6.97. The normalized spacial score (nSPS) is 16.7. The Morgan fingerprint density at radius 3 is 1.59 bits per heavy atom. The highest BCUT2D eigenvalue weighted by molar-refractivity contribution is 5.88. The summed E-state index contributed by atoms with van der Waals surface area (Å²) >= 11 is 0. The molecule has 0 nitrogen and oxygen atoms in total. The molecule has 0 radical (unpaired) electrons. The molecule has 0 saturated heterocycles. The van der Waals surface area contributed by atoms with E-state index in [0.717, 1.165) is 0 Å². The van der Waals surface area contributed by atoms with Gasteiger partial charge in [0.05, 0.1) is 5.41 Å². The maximum absolute atomic E-state index is 2.41. The number of aryl methyl sites for hydroxylation is 1. The molecular weight excluding hydrogens is 348 g/mol. The van der Waals surface area contributed by atoms with Gasteiger partial charge in [0, 0.05) is 5.41 Å². The van der Waals surface area contributed by atoms with E-state index in [1.165, 1.54) is 50.1 Å². The van der Waals surface area contributed by atoms with E-state index in [0.29, 0.717) is 0 Å². The molecule has 0 heteroatoms. The predicted octanol–water partition coefficient (Wildman–Crippen LogP) is 7.00. The topological polar surface area (TPSA) is 0 Å². The molecular formula is C29H24. The quantitative estimate of drug-likeness (QED) is 0.274. The lowest BCUT2D eigenvalue weighted by molar-refractivity contribution is 0.562. The third kappa shape index (κ3) is 1.90. The first-order chi connectivity index (χ1) is 14.1. The zero-order valence-corrected chi connectivity index (χ0v) is 17.2. The molecule has 1 spiro atoms. The van der Waals surface area contributed by atoms with Crippen molar-refractivity contribution in [1.29, 1.82) is 0 Å². The Morgan fingerprint density at radius 1 is 0.483 bits per heavy atom. The second-order valence-electron chi connectivity index (χ2n) is 9.06. The van der Waals surface area contributed by atoms with Crippen molar-refractivity contribution in [2.75, 3.05) is 0 Å². The van der Waals surface area contributed by atoms with E-state index in [1.807, 2.05) is 0 Å². The van der Waals surface area contributed by atoms with Gasteiger partial charge in [-0.15, -0.1) is 0 Å². The zero-order chi connectivity index (χ0) is 19.8. The molecule has 6 rings (SSSR count). The summed E-state index contributed by atoms with van der Waals surface area (Å²) in [5.74, 6) is 0. The van der Waals surface area contributed by atoms with Gasteiger partial charge in [0.15, 0.2) is 0 Å². The zero-order valence-electron chi connectivity index (χ0n) is 17.2. The number of hydrogen-bond acceptors (Lipinski definition) is 0. The van der Waals surface area contributed by atoms with E-state index in [-0.39, 0.29) is 10.8 Å². The molecule has 0 N–H and O–H groups in total. The monoisotopic (exact) mass is 372 g/mol. The van der Waals surface area contributed by atoms with Crippen LogP contribution in [0.2, 0.25) is 0 Å². The van der Waals surface area contributed by atoms with Gasteiger partial charge in [-0.1, -0.05) is 110 Å². The summed E-state index contributed by atoms with van der Waals surface area (Å²) < 4.78 is 0. The van der Waals surface area contributed by atoms with Crippen molar-refractivity contribution in [2.45, 2.75) is 31.6 Å². The summed E-state index contributed by atoms with van der Waals surface area (Å²) in [4.78, 5) is 0. The van der Waals surface area contributed by atoms with Crippen molar-refractivity contribution >= 4 is 0 Å². The van der Waals surface area contributed by atoms with Gasteiger partial charge in [0.2, 0.25) is 0 Å². The summed E-state index contributed by atoms with van der Waals surface area (Å²) in [5, 5.41) is 0. The first kappa shape index (κ1) is 16.8. The molecule has 2 aliphatic rings. The maximum Gasteiger partial charge on any atom is 0.0719 e. The van der Waals surface area contributed by atoms with Crippen molar-refractivity contribution in [3.05, 3.63) is 130 Å². The van der Waals surface area contributed by atoms with Crippen LogP contribution in [0.1, 0.15) is 52.8 Å². The average Bonchev–Trinajstić information content (AvgIpc) is 3.04. The van der Waals surface area contributed by atoms with Gasteiger partial charge in [0.1, 0.15) is 0 Å². The molecule has 2 aliphatic carbocycles. The Balaban J connectivity index is 1.88. The van der Waals surface area contributed by atoms with E-state index in [4.69, 9.17) is 0 Å². The fourth-order valence-electron chi connectivity index (χ4n) is 5.96. The lowest BCUT2D eigenvalue weighted by Crippen LogP contribution is -2.40. The minimum atomic E-state index is -0.248. The summed E-state index contributed by atoms with van der Waals surface area (Å²) in [6.07, 6.45) is 0. The van der Waals surface area contributed by atoms with Gasteiger partial charge >= 0.3 is 0 Å². The lowest BCUT2D eigenvalue weighted by Gasteiger charge is -2.46. The van der Waals surface area contributed by atoms with Gasteiger partial charge in [0.25, 0.3) is 0 Å². The molecule has 0 unspecified atom stereocenters. The van der Waals surface area contributed by atoms with E-state index >= 15 is 0 Å². The third-order valence-corrected chi connectivity index (χ3v) is 7.21. The van der Waals surface area contributed by atoms with Crippen LogP contribution in [0, 0.1) is 6.92 Å². The molecule has 0 aromatic heterocycles. The van der Waals surface area contributed by atoms with E-state index < -0.39 is 0 Å². The standard InChI is InChI=1S/C29H24/c1-19-16-17-26-27(18-19)28(2,3)24-14-8-9-15-25(24)29(26)22-12-6-4-10-20(22)21-11-5-7-13-23(21)29/h4-18H,1-3H3. The highest BCUT2D eigenvalue weighted by Gasteiger charge is 2.52. The average molecular weight is 373 g/mol. The minimum Gasteiger partial charge on any atom is -0.0619 e. The van der Waals surface area contributed by atoms with E-state index in [9.17, 15) is 0 Å². The first-order valence-corrected chi connectivity index (χ1v) is 10.5. The lowest BCUT2D eigenvalue weighted by atomic mass is 9.55. The number of rotatable bonds is 0. The van der Waals surface area contributed by atoms with Crippen molar-refractivity contribution in [2.24, 2.45) is 0 Å². The maximum atomic E-state index is 2.41. The summed E-state index contributed by atoms with van der Waals surface area (Å²) in [5.41, 5.74) is 12.3. The molecule has 0 bridgehead atoms. The first-order valence-electron chi connectivity index (χ1n) is 10.5. The van der Waals surface area contributed by atoms with Crippen molar-refractivity contribution in [3.63, 3.8) is 0 Å². The Bertz CT molecular complexity index is 1240. The number of fused-ring (bicyclic) bond motifs is 9. The predicted molar refractivity (Wildman–Crippen MR) is 121 cm³/mol. The largest absolute Gasteiger partial charge is 0.0719 e. The molecule has 140 valence electrons. The van der Waals surface area contributed by atoms with Gasteiger partial charge in [-0.2, -0.15) is 0 Å². The fourth-order valence-corrected chi connectivity index (χ4v) is 5.96. The minimum absolute atomic E-state index is 0.0321. The Labute approximate surface area is 172 Å². The van der Waals surface area contributed by atoms with Crippen LogP contribution in [0.15, 0.2) is 91.0 Å². The third-order valence-electron chi connectivity index (χ3n) is 7.21. The van der Waals surface area contributed by atoms with Gasteiger partial charge in [-0.3, -0.25) is 0 Å². The second kappa shape index (κ2) is 5.48. The van der Waals surface area contributed by atoms with Gasteiger partial charge in [-0.25, -0.2) is 0 Å². The van der Waals surface area contributed by atoms with Crippen molar-refractivity contribution < 1.29 is 0 Å². The van der Waals surface area contributed by atoms with E-state index in [1.54, 1.807) is 0 Å².